The van der Waals surface area contributed by atoms with Gasteiger partial charge in [-0.15, -0.1) is 0 Å². The summed E-state index contributed by atoms with van der Waals surface area (Å²) in [6, 6.07) is 17.6. The van der Waals surface area contributed by atoms with Crippen molar-refractivity contribution in [2.75, 3.05) is 35.2 Å². The summed E-state index contributed by atoms with van der Waals surface area (Å²) in [6.07, 6.45) is 1.96. The van der Waals surface area contributed by atoms with Gasteiger partial charge in [0.05, 0.1) is 5.60 Å². The first-order chi connectivity index (χ1) is 16.7. The number of nitrogens with one attached hydrogen (secondary N) is 2. The van der Waals surface area contributed by atoms with E-state index in [4.69, 9.17) is 11.5 Å². The molecule has 2 heterocycles. The van der Waals surface area contributed by atoms with E-state index in [2.05, 4.69) is 25.5 Å². The van der Waals surface area contributed by atoms with Gasteiger partial charge >= 0.3 is 0 Å². The number of nitrogens with two attached hydrogens (primary N) is 2. The quantitative estimate of drug-likeness (QED) is 0.334. The first-order valence-electron chi connectivity index (χ1n) is 11.8. The summed E-state index contributed by atoms with van der Waals surface area (Å²) in [5.41, 5.74) is 13.9. The number of nitrogens with zero attached hydrogens (tertiary/aromatic N) is 3. The Labute approximate surface area is 205 Å². The number of hydrogen-bond donors (Lipinski definition) is 5. The highest BCUT2D eigenvalue weighted by atomic mass is 16.3. The third-order valence-corrected chi connectivity index (χ3v) is 5.90. The summed E-state index contributed by atoms with van der Waals surface area (Å²) in [5.74, 6) is -0.00767. The first-order valence-corrected chi connectivity index (χ1v) is 11.8. The van der Waals surface area contributed by atoms with Crippen molar-refractivity contribution >= 4 is 28.9 Å². The number of aliphatic hydroxyl groups is 1. The second-order valence-electron chi connectivity index (χ2n) is 9.51. The first kappa shape index (κ1) is 24.4. The van der Waals surface area contributed by atoms with E-state index in [9.17, 15) is 9.90 Å². The Hall–Kier alpha value is -3.69. The molecule has 184 valence electrons. The summed E-state index contributed by atoms with van der Waals surface area (Å²) in [4.78, 5) is 23.9. The Morgan fingerprint density at radius 2 is 1.71 bits per heavy atom. The van der Waals surface area contributed by atoms with Gasteiger partial charge in [0.2, 0.25) is 0 Å². The smallest absolute Gasteiger partial charge is 0.271 e. The Balaban J connectivity index is 1.65. The molecule has 0 bridgehead atoms. The molecule has 3 aromatic rings. The highest BCUT2D eigenvalue weighted by Crippen LogP contribution is 2.30. The number of primary amides is 1. The zero-order valence-corrected chi connectivity index (χ0v) is 20.2. The van der Waals surface area contributed by atoms with Crippen molar-refractivity contribution in [3.63, 3.8) is 0 Å². The fourth-order valence-corrected chi connectivity index (χ4v) is 3.96. The van der Waals surface area contributed by atoms with Gasteiger partial charge in [0.25, 0.3) is 5.91 Å². The molecule has 1 saturated heterocycles. The average molecular weight is 476 g/mol. The number of amides is 1. The van der Waals surface area contributed by atoms with Crippen LogP contribution in [0.5, 0.6) is 0 Å². The van der Waals surface area contributed by atoms with Crippen molar-refractivity contribution in [2.45, 2.75) is 38.3 Å². The van der Waals surface area contributed by atoms with Gasteiger partial charge in [-0.05, 0) is 51.0 Å². The standard InChI is InChI=1S/C26H33N7O2/c1-26(2,35)16-29-24-21(17-6-4-3-5-7-17)31-22(23(28)34)25(32-24)30-19-8-10-20(11-9-19)33-14-12-18(27)13-15-33/h3-11,18,35H,12-16,27H2,1-2H3,(H2,28,34)(H2,29,30,32). The van der Waals surface area contributed by atoms with E-state index in [-0.39, 0.29) is 24.1 Å². The van der Waals surface area contributed by atoms with E-state index in [0.717, 1.165) is 42.9 Å². The van der Waals surface area contributed by atoms with Crippen LogP contribution >= 0.6 is 0 Å². The van der Waals surface area contributed by atoms with E-state index in [1.165, 1.54) is 0 Å². The summed E-state index contributed by atoms with van der Waals surface area (Å²) in [6.45, 7) is 5.50. The number of benzene rings is 2. The van der Waals surface area contributed by atoms with Gasteiger partial charge in [-0.1, -0.05) is 30.3 Å². The van der Waals surface area contributed by atoms with E-state index in [1.807, 2.05) is 54.6 Å². The Kier molecular flexibility index (Phi) is 7.18. The van der Waals surface area contributed by atoms with E-state index >= 15 is 0 Å². The lowest BCUT2D eigenvalue weighted by Crippen LogP contribution is -2.39. The molecule has 4 rings (SSSR count). The SMILES string of the molecule is CC(C)(O)CNc1nc(Nc2ccc(N3CCC(N)CC3)cc2)c(C(N)=O)nc1-c1ccccc1. The number of hydrogen-bond acceptors (Lipinski definition) is 8. The highest BCUT2D eigenvalue weighted by Gasteiger charge is 2.21. The molecule has 0 saturated carbocycles. The van der Waals surface area contributed by atoms with Crippen LogP contribution in [0.2, 0.25) is 0 Å². The Bertz CT molecular complexity index is 1150. The molecular weight excluding hydrogens is 442 g/mol. The third kappa shape index (κ3) is 6.26. The molecule has 0 radical (unpaired) electrons. The Morgan fingerprint density at radius 3 is 2.31 bits per heavy atom. The number of carbonyl (C=O) groups is 1. The summed E-state index contributed by atoms with van der Waals surface area (Å²) in [5, 5.41) is 16.6. The van der Waals surface area contributed by atoms with Crippen LogP contribution in [0.3, 0.4) is 0 Å². The summed E-state index contributed by atoms with van der Waals surface area (Å²) < 4.78 is 0. The zero-order chi connectivity index (χ0) is 25.0. The van der Waals surface area contributed by atoms with Crippen molar-refractivity contribution in [1.82, 2.24) is 9.97 Å². The maximum Gasteiger partial charge on any atom is 0.271 e. The molecule has 1 aliphatic heterocycles. The van der Waals surface area contributed by atoms with Crippen LogP contribution < -0.4 is 27.0 Å². The van der Waals surface area contributed by atoms with Crippen LogP contribution in [0.15, 0.2) is 54.6 Å². The normalized spacial score (nSPS) is 14.6. The predicted octanol–water partition coefficient (Wildman–Crippen LogP) is 3.10. The maximum absolute atomic E-state index is 12.3. The van der Waals surface area contributed by atoms with Crippen molar-refractivity contribution < 1.29 is 9.90 Å². The second kappa shape index (κ2) is 10.3. The maximum atomic E-state index is 12.3. The molecule has 7 N–H and O–H groups in total. The van der Waals surface area contributed by atoms with Gasteiger partial charge < -0.3 is 32.1 Å². The number of anilines is 4. The molecule has 9 nitrogen and oxygen atoms in total. The van der Waals surface area contributed by atoms with Gasteiger partial charge in [-0.2, -0.15) is 0 Å². The lowest BCUT2D eigenvalue weighted by Gasteiger charge is -2.32. The largest absolute Gasteiger partial charge is 0.389 e. The number of carbonyl (C=O) groups excluding carboxylic acids is 1. The molecule has 0 unspecified atom stereocenters. The number of aromatic nitrogens is 2. The minimum absolute atomic E-state index is 0.0340. The molecule has 0 atom stereocenters. The molecule has 1 aromatic heterocycles. The van der Waals surface area contributed by atoms with Crippen LogP contribution in [0.4, 0.5) is 23.0 Å². The van der Waals surface area contributed by atoms with E-state index < -0.39 is 11.5 Å². The molecule has 9 heteroatoms. The summed E-state index contributed by atoms with van der Waals surface area (Å²) in [7, 11) is 0. The molecule has 0 aliphatic carbocycles. The minimum atomic E-state index is -0.972. The van der Waals surface area contributed by atoms with Crippen molar-refractivity contribution in [1.29, 1.82) is 0 Å². The molecule has 1 aliphatic rings. The average Bonchev–Trinajstić information content (AvgIpc) is 2.84. The van der Waals surface area contributed by atoms with Gasteiger partial charge in [-0.3, -0.25) is 4.79 Å². The molecule has 0 spiro atoms. The molecule has 35 heavy (non-hydrogen) atoms. The van der Waals surface area contributed by atoms with Gasteiger partial charge in [0.15, 0.2) is 17.3 Å². The topological polar surface area (TPSA) is 142 Å². The molecule has 2 aromatic carbocycles. The number of piperidine rings is 1. The monoisotopic (exact) mass is 475 g/mol. The zero-order valence-electron chi connectivity index (χ0n) is 20.2. The highest BCUT2D eigenvalue weighted by molar-refractivity contribution is 5.97. The van der Waals surface area contributed by atoms with Crippen molar-refractivity contribution in [2.24, 2.45) is 11.5 Å². The lowest BCUT2D eigenvalue weighted by molar-refractivity contribution is 0.0942. The van der Waals surface area contributed by atoms with Gasteiger partial charge in [0.1, 0.15) is 5.69 Å². The third-order valence-electron chi connectivity index (χ3n) is 5.90. The molecule has 1 amide bonds. The minimum Gasteiger partial charge on any atom is -0.389 e. The summed E-state index contributed by atoms with van der Waals surface area (Å²) >= 11 is 0. The van der Waals surface area contributed by atoms with Crippen LogP contribution in [0, 0.1) is 0 Å². The van der Waals surface area contributed by atoms with Crippen LogP contribution in [-0.2, 0) is 0 Å². The van der Waals surface area contributed by atoms with Crippen LogP contribution in [-0.4, -0.2) is 52.3 Å². The van der Waals surface area contributed by atoms with Crippen molar-refractivity contribution in [3.05, 3.63) is 60.3 Å². The fraction of sp³-hybridized carbons (Fsp3) is 0.346. The van der Waals surface area contributed by atoms with E-state index in [0.29, 0.717) is 11.5 Å². The predicted molar refractivity (Wildman–Crippen MR) is 140 cm³/mol. The lowest BCUT2D eigenvalue weighted by atomic mass is 10.1. The molecule has 1 fully saturated rings. The number of rotatable bonds is 8. The Morgan fingerprint density at radius 1 is 1.06 bits per heavy atom. The second-order valence-corrected chi connectivity index (χ2v) is 9.51. The van der Waals surface area contributed by atoms with Crippen LogP contribution in [0.25, 0.3) is 11.3 Å². The van der Waals surface area contributed by atoms with Gasteiger partial charge in [-0.25, -0.2) is 9.97 Å². The molecular formula is C26H33N7O2. The van der Waals surface area contributed by atoms with Crippen molar-refractivity contribution in [3.8, 4) is 11.3 Å². The van der Waals surface area contributed by atoms with Crippen LogP contribution in [0.1, 0.15) is 37.2 Å². The van der Waals surface area contributed by atoms with Gasteiger partial charge in [0, 0.05) is 42.6 Å². The van der Waals surface area contributed by atoms with E-state index in [1.54, 1.807) is 13.8 Å². The fourth-order valence-electron chi connectivity index (χ4n) is 3.96.